The van der Waals surface area contributed by atoms with Gasteiger partial charge in [0.05, 0.1) is 10.6 Å². The lowest BCUT2D eigenvalue weighted by molar-refractivity contribution is -0.115. The largest absolute Gasteiger partial charge is 0.489 e. The fraction of sp³-hybridized carbons (Fsp3) is 0.0526. The molecule has 4 nitrogen and oxygen atoms in total. The fourth-order valence-corrected chi connectivity index (χ4v) is 3.50. The molecular formula is C19H14BrClN2O2S. The summed E-state index contributed by atoms with van der Waals surface area (Å²) in [6.45, 7) is 4.04. The first-order valence-electron chi connectivity index (χ1n) is 7.63. The molecule has 1 heterocycles. The van der Waals surface area contributed by atoms with Crippen LogP contribution in [0, 0.1) is 0 Å². The van der Waals surface area contributed by atoms with E-state index in [-0.39, 0.29) is 5.91 Å². The van der Waals surface area contributed by atoms with Crippen molar-refractivity contribution in [1.29, 1.82) is 0 Å². The number of amides is 1. The SMILES string of the molecule is C=CCOc1ccc(Br)cc1/C=C1\SC(=Nc2ccc(Cl)cc2)NC1=O. The van der Waals surface area contributed by atoms with E-state index in [1.807, 2.05) is 18.2 Å². The van der Waals surface area contributed by atoms with Crippen LogP contribution < -0.4 is 10.1 Å². The van der Waals surface area contributed by atoms with Gasteiger partial charge < -0.3 is 10.1 Å². The molecule has 7 heteroatoms. The highest BCUT2D eigenvalue weighted by molar-refractivity contribution is 9.10. The molecule has 3 rings (SSSR count). The van der Waals surface area contributed by atoms with Crippen LogP contribution in [-0.2, 0) is 4.79 Å². The second-order valence-electron chi connectivity index (χ2n) is 5.24. The smallest absolute Gasteiger partial charge is 0.264 e. The highest BCUT2D eigenvalue weighted by Crippen LogP contribution is 2.32. The quantitative estimate of drug-likeness (QED) is 0.480. The number of nitrogens with zero attached hydrogens (tertiary/aromatic N) is 1. The first kappa shape index (κ1) is 18.8. The van der Waals surface area contributed by atoms with E-state index < -0.39 is 0 Å². The summed E-state index contributed by atoms with van der Waals surface area (Å²) in [6.07, 6.45) is 3.46. The summed E-state index contributed by atoms with van der Waals surface area (Å²) >= 11 is 10.6. The number of hydrogen-bond donors (Lipinski definition) is 1. The average molecular weight is 450 g/mol. The van der Waals surface area contributed by atoms with E-state index in [1.54, 1.807) is 36.4 Å². The van der Waals surface area contributed by atoms with Crippen molar-refractivity contribution in [1.82, 2.24) is 5.32 Å². The van der Waals surface area contributed by atoms with Gasteiger partial charge in [0.15, 0.2) is 5.17 Å². The Kier molecular flexibility index (Phi) is 6.19. The molecule has 2 aromatic rings. The standard InChI is InChI=1S/C19H14BrClN2O2S/c1-2-9-25-16-8-3-13(20)10-12(16)11-17-18(24)23-19(26-17)22-15-6-4-14(21)5-7-15/h2-8,10-11H,1,9H2,(H,22,23,24)/b17-11-. The van der Waals surface area contributed by atoms with Gasteiger partial charge in [-0.2, -0.15) is 0 Å². The molecule has 26 heavy (non-hydrogen) atoms. The zero-order valence-corrected chi connectivity index (χ0v) is 16.7. The van der Waals surface area contributed by atoms with E-state index in [1.165, 1.54) is 11.8 Å². The van der Waals surface area contributed by atoms with Gasteiger partial charge in [-0.3, -0.25) is 4.79 Å². The second-order valence-corrected chi connectivity index (χ2v) is 7.62. The Bertz CT molecular complexity index is 910. The number of hydrogen-bond acceptors (Lipinski definition) is 4. The van der Waals surface area contributed by atoms with Gasteiger partial charge in [-0.15, -0.1) is 0 Å². The van der Waals surface area contributed by atoms with Crippen LogP contribution in [0.2, 0.25) is 5.02 Å². The number of carbonyl (C=O) groups excluding carboxylic acids is 1. The number of halogens is 2. The van der Waals surface area contributed by atoms with Crippen LogP contribution in [0.1, 0.15) is 5.56 Å². The van der Waals surface area contributed by atoms with Crippen molar-refractivity contribution in [3.63, 3.8) is 0 Å². The third-order valence-electron chi connectivity index (χ3n) is 3.32. The highest BCUT2D eigenvalue weighted by Gasteiger charge is 2.24. The molecule has 1 fully saturated rings. The van der Waals surface area contributed by atoms with E-state index in [0.717, 1.165) is 15.7 Å². The van der Waals surface area contributed by atoms with Crippen molar-refractivity contribution >= 4 is 62.1 Å². The lowest BCUT2D eigenvalue weighted by Gasteiger charge is -2.08. The van der Waals surface area contributed by atoms with Crippen LogP contribution in [-0.4, -0.2) is 17.7 Å². The van der Waals surface area contributed by atoms with Crippen LogP contribution in [0.5, 0.6) is 5.75 Å². The molecule has 0 aliphatic carbocycles. The maximum Gasteiger partial charge on any atom is 0.264 e. The van der Waals surface area contributed by atoms with Crippen molar-refractivity contribution in [3.8, 4) is 5.75 Å². The van der Waals surface area contributed by atoms with Gasteiger partial charge in [0, 0.05) is 15.1 Å². The minimum atomic E-state index is -0.197. The first-order valence-corrected chi connectivity index (χ1v) is 9.62. The zero-order valence-electron chi connectivity index (χ0n) is 13.5. The molecule has 2 aromatic carbocycles. The number of nitrogens with one attached hydrogen (secondary N) is 1. The molecule has 1 aliphatic heterocycles. The fourth-order valence-electron chi connectivity index (χ4n) is 2.17. The minimum absolute atomic E-state index is 0.197. The van der Waals surface area contributed by atoms with Crippen LogP contribution in [0.15, 0.2) is 69.5 Å². The summed E-state index contributed by atoms with van der Waals surface area (Å²) in [7, 11) is 0. The van der Waals surface area contributed by atoms with Crippen LogP contribution in [0.25, 0.3) is 6.08 Å². The molecule has 0 bridgehead atoms. The molecule has 0 atom stereocenters. The van der Waals surface area contributed by atoms with Crippen molar-refractivity contribution in [2.24, 2.45) is 4.99 Å². The zero-order chi connectivity index (χ0) is 18.5. The molecule has 1 saturated heterocycles. The van der Waals surface area contributed by atoms with E-state index in [4.69, 9.17) is 16.3 Å². The van der Waals surface area contributed by atoms with E-state index in [9.17, 15) is 4.79 Å². The first-order chi connectivity index (χ1) is 12.5. The highest BCUT2D eigenvalue weighted by atomic mass is 79.9. The normalized spacial score (nSPS) is 16.8. The van der Waals surface area contributed by atoms with Crippen molar-refractivity contribution < 1.29 is 9.53 Å². The third-order valence-corrected chi connectivity index (χ3v) is 4.98. The number of benzene rings is 2. The molecular weight excluding hydrogens is 436 g/mol. The minimum Gasteiger partial charge on any atom is -0.489 e. The van der Waals surface area contributed by atoms with Crippen LogP contribution in [0.4, 0.5) is 5.69 Å². The number of rotatable bonds is 5. The Labute approximate surface area is 169 Å². The molecule has 0 aromatic heterocycles. The third kappa shape index (κ3) is 4.78. The summed E-state index contributed by atoms with van der Waals surface area (Å²) in [5, 5.41) is 3.93. The second kappa shape index (κ2) is 8.58. The summed E-state index contributed by atoms with van der Waals surface area (Å²) in [4.78, 5) is 17.2. The molecule has 1 N–H and O–H groups in total. The number of amidine groups is 1. The van der Waals surface area contributed by atoms with Crippen LogP contribution >= 0.6 is 39.3 Å². The molecule has 0 spiro atoms. The van der Waals surface area contributed by atoms with Crippen molar-refractivity contribution in [2.75, 3.05) is 6.61 Å². The van der Waals surface area contributed by atoms with Crippen LogP contribution in [0.3, 0.4) is 0 Å². The Hall–Kier alpha value is -2.02. The summed E-state index contributed by atoms with van der Waals surface area (Å²) < 4.78 is 6.55. The number of thioether (sulfide) groups is 1. The molecule has 0 radical (unpaired) electrons. The van der Waals surface area contributed by atoms with Gasteiger partial charge in [-0.05, 0) is 60.3 Å². The van der Waals surface area contributed by atoms with Crippen molar-refractivity contribution in [3.05, 3.63) is 75.1 Å². The van der Waals surface area contributed by atoms with Gasteiger partial charge >= 0.3 is 0 Å². The predicted octanol–water partition coefficient (Wildman–Crippen LogP) is 5.56. The van der Waals surface area contributed by atoms with Gasteiger partial charge in [0.2, 0.25) is 0 Å². The molecule has 0 saturated carbocycles. The molecule has 0 unspecified atom stereocenters. The lowest BCUT2D eigenvalue weighted by atomic mass is 10.2. The summed E-state index contributed by atoms with van der Waals surface area (Å²) in [5.41, 5.74) is 1.52. The summed E-state index contributed by atoms with van der Waals surface area (Å²) in [6, 6.07) is 12.7. The Morgan fingerprint density at radius 2 is 2.04 bits per heavy atom. The number of ether oxygens (including phenoxy) is 1. The van der Waals surface area contributed by atoms with Gasteiger partial charge in [-0.25, -0.2) is 4.99 Å². The van der Waals surface area contributed by atoms with Gasteiger partial charge in [0.25, 0.3) is 5.91 Å². The predicted molar refractivity (Wildman–Crippen MR) is 112 cm³/mol. The summed E-state index contributed by atoms with van der Waals surface area (Å²) in [5.74, 6) is 0.481. The lowest BCUT2D eigenvalue weighted by Crippen LogP contribution is -2.19. The van der Waals surface area contributed by atoms with E-state index in [0.29, 0.717) is 27.5 Å². The topological polar surface area (TPSA) is 50.7 Å². The molecule has 132 valence electrons. The number of carbonyl (C=O) groups is 1. The maximum absolute atomic E-state index is 12.3. The van der Waals surface area contributed by atoms with Crippen molar-refractivity contribution in [2.45, 2.75) is 0 Å². The molecule has 1 aliphatic rings. The Balaban J connectivity index is 1.86. The van der Waals surface area contributed by atoms with E-state index in [2.05, 4.69) is 32.8 Å². The molecule has 1 amide bonds. The Morgan fingerprint density at radius 1 is 1.27 bits per heavy atom. The van der Waals surface area contributed by atoms with Gasteiger partial charge in [-0.1, -0.05) is 40.2 Å². The number of aliphatic imine (C=N–C) groups is 1. The van der Waals surface area contributed by atoms with E-state index >= 15 is 0 Å². The maximum atomic E-state index is 12.3. The average Bonchev–Trinajstić information content (AvgIpc) is 2.95. The van der Waals surface area contributed by atoms with Gasteiger partial charge in [0.1, 0.15) is 12.4 Å². The Morgan fingerprint density at radius 3 is 2.77 bits per heavy atom. The monoisotopic (exact) mass is 448 g/mol.